The van der Waals surface area contributed by atoms with Crippen molar-refractivity contribution in [3.05, 3.63) is 35.9 Å². The van der Waals surface area contributed by atoms with E-state index in [0.717, 1.165) is 5.56 Å². The van der Waals surface area contributed by atoms with Gasteiger partial charge in [-0.2, -0.15) is 0 Å². The van der Waals surface area contributed by atoms with E-state index in [4.69, 9.17) is 28.4 Å². The molecule has 1 aromatic rings. The number of nitrogens with zero attached hydrogens (tertiary/aromatic N) is 1. The van der Waals surface area contributed by atoms with Gasteiger partial charge in [-0.3, -0.25) is 9.59 Å². The summed E-state index contributed by atoms with van der Waals surface area (Å²) in [4.78, 5) is 40.0. The van der Waals surface area contributed by atoms with Crippen molar-refractivity contribution < 1.29 is 42.8 Å². The van der Waals surface area contributed by atoms with Crippen LogP contribution in [0.2, 0.25) is 0 Å². The van der Waals surface area contributed by atoms with Gasteiger partial charge in [-0.25, -0.2) is 4.79 Å². The number of likely N-dealkylation sites (tertiary alicyclic amines) is 1. The molecular formula is C29H40N2O9. The van der Waals surface area contributed by atoms with Crippen LogP contribution in [-0.4, -0.2) is 83.6 Å². The van der Waals surface area contributed by atoms with Crippen LogP contribution >= 0.6 is 0 Å². The predicted octanol–water partition coefficient (Wildman–Crippen LogP) is 3.04. The maximum Gasteiger partial charge on any atom is 0.407 e. The zero-order valence-electron chi connectivity index (χ0n) is 23.9. The molecule has 4 aliphatic rings. The van der Waals surface area contributed by atoms with Gasteiger partial charge in [0.15, 0.2) is 11.6 Å². The fraction of sp³-hybridized carbons (Fsp3) is 0.690. The topological polar surface area (TPSA) is 122 Å². The predicted molar refractivity (Wildman–Crippen MR) is 141 cm³/mol. The molecular weight excluding hydrogens is 520 g/mol. The summed E-state index contributed by atoms with van der Waals surface area (Å²) in [5, 5.41) is 2.93. The average Bonchev–Trinajstić information content (AvgIpc) is 3.37. The van der Waals surface area contributed by atoms with Crippen molar-refractivity contribution in [2.45, 2.75) is 108 Å². The van der Waals surface area contributed by atoms with Crippen molar-refractivity contribution >= 4 is 17.8 Å². The molecule has 0 aromatic heterocycles. The number of fused-ring (bicyclic) bond motifs is 3. The van der Waals surface area contributed by atoms with E-state index in [1.54, 1.807) is 18.7 Å². The number of ketones is 1. The van der Waals surface area contributed by atoms with Gasteiger partial charge in [0, 0.05) is 31.5 Å². The molecule has 4 aliphatic heterocycles. The zero-order chi connectivity index (χ0) is 28.8. The molecule has 1 aromatic carbocycles. The van der Waals surface area contributed by atoms with Crippen LogP contribution in [0.3, 0.4) is 0 Å². The van der Waals surface area contributed by atoms with E-state index in [9.17, 15) is 14.4 Å². The molecule has 40 heavy (non-hydrogen) atoms. The van der Waals surface area contributed by atoms with Crippen LogP contribution in [0.5, 0.6) is 0 Å². The van der Waals surface area contributed by atoms with E-state index in [-0.39, 0.29) is 32.2 Å². The van der Waals surface area contributed by atoms with E-state index in [1.165, 1.54) is 0 Å². The van der Waals surface area contributed by atoms with Gasteiger partial charge in [-0.1, -0.05) is 30.3 Å². The number of piperidine rings is 1. The molecule has 4 fully saturated rings. The lowest BCUT2D eigenvalue weighted by atomic mass is 9.89. The first kappa shape index (κ1) is 28.9. The highest BCUT2D eigenvalue weighted by Crippen LogP contribution is 2.49. The number of ether oxygens (including phenoxy) is 6. The minimum absolute atomic E-state index is 0.0613. The molecule has 0 spiro atoms. The van der Waals surface area contributed by atoms with Gasteiger partial charge in [-0.05, 0) is 53.0 Å². The van der Waals surface area contributed by atoms with Gasteiger partial charge in [0.25, 0.3) is 5.91 Å². The second-order valence-corrected chi connectivity index (χ2v) is 12.3. The third kappa shape index (κ3) is 6.18. The van der Waals surface area contributed by atoms with Crippen LogP contribution in [0.4, 0.5) is 4.79 Å². The standard InChI is InChI=1S/C29H40N2O9/c1-26(2)37-21-18-36-29(23(22(21)38-26)39-27(3,4)40-29)12-11-20(32)24(33)31-15-13-28(5,14-16-31)30-25(34)35-17-19-9-7-6-8-10-19/h6-10,21-23H,11-18H2,1-5H3,(H,30,34)/t21-,22-,23+,29+/m1/s1. The maximum atomic E-state index is 13.1. The summed E-state index contributed by atoms with van der Waals surface area (Å²) in [5.74, 6) is -4.01. The third-order valence-electron chi connectivity index (χ3n) is 7.98. The van der Waals surface area contributed by atoms with Crippen molar-refractivity contribution in [3.63, 3.8) is 0 Å². The van der Waals surface area contributed by atoms with E-state index in [2.05, 4.69) is 5.32 Å². The molecule has 5 rings (SSSR count). The van der Waals surface area contributed by atoms with Crippen molar-refractivity contribution in [3.8, 4) is 0 Å². The molecule has 1 N–H and O–H groups in total. The largest absolute Gasteiger partial charge is 0.445 e. The summed E-state index contributed by atoms with van der Waals surface area (Å²) in [7, 11) is 0. The molecule has 0 saturated carbocycles. The highest BCUT2D eigenvalue weighted by molar-refractivity contribution is 6.36. The van der Waals surface area contributed by atoms with Gasteiger partial charge in [0.05, 0.1) is 6.61 Å². The third-order valence-corrected chi connectivity index (χ3v) is 7.98. The van der Waals surface area contributed by atoms with Crippen LogP contribution < -0.4 is 5.32 Å². The van der Waals surface area contributed by atoms with Gasteiger partial charge < -0.3 is 38.6 Å². The lowest BCUT2D eigenvalue weighted by Gasteiger charge is -2.41. The van der Waals surface area contributed by atoms with Crippen molar-refractivity contribution in [2.75, 3.05) is 19.7 Å². The lowest BCUT2D eigenvalue weighted by Crippen LogP contribution is -2.58. The van der Waals surface area contributed by atoms with E-state index < -0.39 is 52.9 Å². The van der Waals surface area contributed by atoms with Crippen LogP contribution in [0.25, 0.3) is 0 Å². The van der Waals surface area contributed by atoms with Gasteiger partial charge in [-0.15, -0.1) is 0 Å². The number of carbonyl (C=O) groups excluding carboxylic acids is 3. The molecule has 11 nitrogen and oxygen atoms in total. The van der Waals surface area contributed by atoms with E-state index >= 15 is 0 Å². The fourth-order valence-electron chi connectivity index (χ4n) is 5.96. The van der Waals surface area contributed by atoms with Gasteiger partial charge in [0.2, 0.25) is 11.6 Å². The van der Waals surface area contributed by atoms with Crippen molar-refractivity contribution in [1.29, 1.82) is 0 Å². The zero-order valence-corrected chi connectivity index (χ0v) is 23.9. The number of hydrogen-bond donors (Lipinski definition) is 1. The Bertz CT molecular complexity index is 1120. The monoisotopic (exact) mass is 560 g/mol. The Morgan fingerprint density at radius 3 is 2.38 bits per heavy atom. The Balaban J connectivity index is 1.12. The molecule has 220 valence electrons. The second kappa shape index (κ2) is 10.7. The van der Waals surface area contributed by atoms with Crippen LogP contribution in [0.1, 0.15) is 65.9 Å². The number of carbonyl (C=O) groups is 3. The van der Waals surface area contributed by atoms with E-state index in [0.29, 0.717) is 25.9 Å². The first-order valence-electron chi connectivity index (χ1n) is 14.0. The molecule has 4 heterocycles. The summed E-state index contributed by atoms with van der Waals surface area (Å²) >= 11 is 0. The normalized spacial score (nSPS) is 31.6. The summed E-state index contributed by atoms with van der Waals surface area (Å²) < 4.78 is 35.9. The fourth-order valence-corrected chi connectivity index (χ4v) is 5.96. The van der Waals surface area contributed by atoms with E-state index in [1.807, 2.05) is 51.1 Å². The smallest absolute Gasteiger partial charge is 0.407 e. The van der Waals surface area contributed by atoms with Crippen LogP contribution in [0, 0.1) is 0 Å². The highest BCUT2D eigenvalue weighted by Gasteiger charge is 2.65. The van der Waals surface area contributed by atoms with Gasteiger partial charge in [0.1, 0.15) is 24.9 Å². The van der Waals surface area contributed by atoms with Crippen LogP contribution in [-0.2, 0) is 44.6 Å². The van der Waals surface area contributed by atoms with Gasteiger partial charge >= 0.3 is 6.09 Å². The molecule has 2 amide bonds. The number of benzene rings is 1. The molecule has 4 saturated heterocycles. The number of alkyl carbamates (subject to hydrolysis) is 1. The van der Waals surface area contributed by atoms with Crippen molar-refractivity contribution in [2.24, 2.45) is 0 Å². The average molecular weight is 561 g/mol. The summed E-state index contributed by atoms with van der Waals surface area (Å²) in [6, 6.07) is 9.44. The Hall–Kier alpha value is -2.57. The minimum Gasteiger partial charge on any atom is -0.445 e. The molecule has 0 radical (unpaired) electrons. The SMILES string of the molecule is CC1(NC(=O)OCc2ccccc2)CCN(C(=O)C(=O)CC[C@@]23OC[C@H]4OC(C)(C)O[C@H]4[C@@H]2OC(C)(C)O3)CC1. The molecule has 4 atom stereocenters. The van der Waals surface area contributed by atoms with Crippen LogP contribution in [0.15, 0.2) is 30.3 Å². The Kier molecular flexibility index (Phi) is 7.73. The Morgan fingerprint density at radius 2 is 1.68 bits per heavy atom. The minimum atomic E-state index is -1.21. The summed E-state index contributed by atoms with van der Waals surface area (Å²) in [5.41, 5.74) is 0.362. The Morgan fingerprint density at radius 1 is 0.975 bits per heavy atom. The number of hydrogen-bond acceptors (Lipinski definition) is 9. The maximum absolute atomic E-state index is 13.1. The molecule has 0 aliphatic carbocycles. The number of amides is 2. The Labute approximate surface area is 234 Å². The quantitative estimate of drug-likeness (QED) is 0.502. The number of nitrogens with one attached hydrogen (secondary N) is 1. The summed E-state index contributed by atoms with van der Waals surface area (Å²) in [6.45, 7) is 10.3. The molecule has 0 unspecified atom stereocenters. The second-order valence-electron chi connectivity index (χ2n) is 12.3. The lowest BCUT2D eigenvalue weighted by molar-refractivity contribution is -0.283. The molecule has 11 heteroatoms. The highest BCUT2D eigenvalue weighted by atomic mass is 16.9. The number of rotatable bonds is 7. The summed E-state index contributed by atoms with van der Waals surface area (Å²) in [6.07, 6.45) is -0.737. The first-order valence-corrected chi connectivity index (χ1v) is 14.0. The first-order chi connectivity index (χ1) is 18.8. The number of Topliss-reactive ketones (excluding diaryl/α,β-unsaturated/α-hetero) is 1. The molecule has 0 bridgehead atoms. The van der Waals surface area contributed by atoms with Crippen molar-refractivity contribution in [1.82, 2.24) is 10.2 Å².